The van der Waals surface area contributed by atoms with E-state index in [1.807, 2.05) is 0 Å². The molecule has 0 aliphatic rings. The third kappa shape index (κ3) is 3.86. The molecule has 1 unspecified atom stereocenters. The minimum atomic E-state index is -4.70. The number of rotatable bonds is 4. The number of hydrogen-bond acceptors (Lipinski definition) is 2. The Morgan fingerprint density at radius 3 is 2.50 bits per heavy atom. The topological polar surface area (TPSA) is 59.1 Å². The van der Waals surface area contributed by atoms with Crippen LogP contribution in [0.4, 0.5) is 17.6 Å². The molecule has 0 radical (unpaired) electrons. The SMILES string of the molecule is N=C(N)C(COc1ccc(Br)cc1F)C(F)(F)F. The lowest BCUT2D eigenvalue weighted by Gasteiger charge is -2.19. The normalized spacial score (nSPS) is 13.2. The van der Waals surface area contributed by atoms with Crippen LogP contribution in [0, 0.1) is 17.1 Å². The zero-order valence-corrected chi connectivity index (χ0v) is 10.5. The van der Waals surface area contributed by atoms with Gasteiger partial charge in [-0.05, 0) is 18.2 Å². The Balaban J connectivity index is 2.77. The number of nitrogens with one attached hydrogen (secondary N) is 1. The minimum Gasteiger partial charge on any atom is -0.489 e. The molecule has 8 heteroatoms. The number of nitrogens with two attached hydrogens (primary N) is 1. The summed E-state index contributed by atoms with van der Waals surface area (Å²) >= 11 is 3.00. The van der Waals surface area contributed by atoms with Gasteiger partial charge >= 0.3 is 6.18 Å². The van der Waals surface area contributed by atoms with E-state index in [4.69, 9.17) is 15.9 Å². The summed E-state index contributed by atoms with van der Waals surface area (Å²) < 4.78 is 55.7. The maximum atomic E-state index is 13.3. The number of alkyl halides is 3. The lowest BCUT2D eigenvalue weighted by molar-refractivity contribution is -0.162. The van der Waals surface area contributed by atoms with Crippen LogP contribution in [0.25, 0.3) is 0 Å². The van der Waals surface area contributed by atoms with Crippen molar-refractivity contribution in [2.24, 2.45) is 11.7 Å². The molecule has 0 heterocycles. The van der Waals surface area contributed by atoms with Crippen molar-refractivity contribution in [1.29, 1.82) is 5.41 Å². The summed E-state index contributed by atoms with van der Waals surface area (Å²) in [6.07, 6.45) is -4.70. The number of benzene rings is 1. The van der Waals surface area contributed by atoms with Gasteiger partial charge in [0.05, 0.1) is 0 Å². The second kappa shape index (κ2) is 5.55. The maximum absolute atomic E-state index is 13.3. The highest BCUT2D eigenvalue weighted by Gasteiger charge is 2.42. The summed E-state index contributed by atoms with van der Waals surface area (Å²) in [6.45, 7) is -0.933. The van der Waals surface area contributed by atoms with Gasteiger partial charge in [0.25, 0.3) is 0 Å². The predicted octanol–water partition coefficient (Wildman–Crippen LogP) is 3.08. The summed E-state index contributed by atoms with van der Waals surface area (Å²) in [4.78, 5) is 0. The largest absolute Gasteiger partial charge is 0.489 e. The molecule has 1 atom stereocenters. The number of ether oxygens (including phenoxy) is 1. The number of halogens is 5. The van der Waals surface area contributed by atoms with Crippen molar-refractivity contribution in [3.8, 4) is 5.75 Å². The highest BCUT2D eigenvalue weighted by atomic mass is 79.9. The monoisotopic (exact) mass is 328 g/mol. The Bertz CT molecular complexity index is 450. The molecule has 1 aromatic rings. The van der Waals surface area contributed by atoms with Crippen LogP contribution in [0.3, 0.4) is 0 Å². The van der Waals surface area contributed by atoms with Gasteiger partial charge in [-0.15, -0.1) is 0 Å². The molecule has 100 valence electrons. The van der Waals surface area contributed by atoms with Gasteiger partial charge in [0, 0.05) is 4.47 Å². The van der Waals surface area contributed by atoms with E-state index in [1.165, 1.54) is 12.1 Å². The van der Waals surface area contributed by atoms with Crippen molar-refractivity contribution in [1.82, 2.24) is 0 Å². The van der Waals surface area contributed by atoms with Crippen LogP contribution in [-0.4, -0.2) is 18.6 Å². The average molecular weight is 329 g/mol. The Morgan fingerprint density at radius 2 is 2.06 bits per heavy atom. The highest BCUT2D eigenvalue weighted by Crippen LogP contribution is 2.28. The van der Waals surface area contributed by atoms with Crippen molar-refractivity contribution >= 4 is 21.8 Å². The van der Waals surface area contributed by atoms with Crippen LogP contribution >= 0.6 is 15.9 Å². The van der Waals surface area contributed by atoms with Gasteiger partial charge in [-0.1, -0.05) is 15.9 Å². The Labute approximate surface area is 109 Å². The zero-order valence-electron chi connectivity index (χ0n) is 8.89. The molecule has 0 bridgehead atoms. The van der Waals surface area contributed by atoms with Crippen LogP contribution in [0.5, 0.6) is 5.75 Å². The van der Waals surface area contributed by atoms with Crippen molar-refractivity contribution < 1.29 is 22.3 Å². The standard InChI is InChI=1S/C10H9BrF4N2O/c11-5-1-2-8(7(12)3-5)18-4-6(9(16)17)10(13,14)15/h1-3,6H,4H2,(H3,16,17). The van der Waals surface area contributed by atoms with E-state index in [-0.39, 0.29) is 5.75 Å². The van der Waals surface area contributed by atoms with E-state index in [0.29, 0.717) is 4.47 Å². The van der Waals surface area contributed by atoms with Gasteiger partial charge in [0.2, 0.25) is 0 Å². The first-order valence-electron chi connectivity index (χ1n) is 4.70. The van der Waals surface area contributed by atoms with Crippen LogP contribution in [0.15, 0.2) is 22.7 Å². The molecule has 1 rings (SSSR count). The Morgan fingerprint density at radius 1 is 1.44 bits per heavy atom. The molecule has 0 saturated carbocycles. The molecule has 0 fully saturated rings. The summed E-state index contributed by atoms with van der Waals surface area (Å²) in [5.74, 6) is -4.44. The zero-order chi connectivity index (χ0) is 13.9. The van der Waals surface area contributed by atoms with Crippen LogP contribution < -0.4 is 10.5 Å². The van der Waals surface area contributed by atoms with Gasteiger partial charge < -0.3 is 10.5 Å². The van der Waals surface area contributed by atoms with E-state index >= 15 is 0 Å². The molecule has 18 heavy (non-hydrogen) atoms. The first-order valence-corrected chi connectivity index (χ1v) is 5.49. The quantitative estimate of drug-likeness (QED) is 0.507. The van der Waals surface area contributed by atoms with Crippen molar-refractivity contribution in [3.05, 3.63) is 28.5 Å². The van der Waals surface area contributed by atoms with Crippen LogP contribution in [0.2, 0.25) is 0 Å². The van der Waals surface area contributed by atoms with E-state index in [0.717, 1.165) is 6.07 Å². The van der Waals surface area contributed by atoms with Crippen LogP contribution in [-0.2, 0) is 0 Å². The van der Waals surface area contributed by atoms with Crippen molar-refractivity contribution in [2.45, 2.75) is 6.18 Å². The predicted molar refractivity (Wildman–Crippen MR) is 61.1 cm³/mol. The van der Waals surface area contributed by atoms with Gasteiger partial charge in [-0.25, -0.2) is 4.39 Å². The molecule has 0 aromatic heterocycles. The van der Waals surface area contributed by atoms with E-state index in [9.17, 15) is 17.6 Å². The second-order valence-corrected chi connectivity index (χ2v) is 4.35. The minimum absolute atomic E-state index is 0.325. The Hall–Kier alpha value is -1.31. The number of amidine groups is 1. The third-order valence-corrected chi connectivity index (χ3v) is 2.56. The van der Waals surface area contributed by atoms with Gasteiger partial charge in [0.15, 0.2) is 11.6 Å². The summed E-state index contributed by atoms with van der Waals surface area (Å²) in [5.41, 5.74) is 4.83. The molecular formula is C10H9BrF4N2O. The molecule has 1 aromatic carbocycles. The summed E-state index contributed by atoms with van der Waals surface area (Å²) in [5, 5.41) is 6.84. The summed E-state index contributed by atoms with van der Waals surface area (Å²) in [7, 11) is 0. The fourth-order valence-corrected chi connectivity index (χ4v) is 1.46. The lowest BCUT2D eigenvalue weighted by Crippen LogP contribution is -2.39. The number of hydrogen-bond donors (Lipinski definition) is 2. The van der Waals surface area contributed by atoms with Crippen molar-refractivity contribution in [3.63, 3.8) is 0 Å². The molecule has 0 amide bonds. The molecule has 3 N–H and O–H groups in total. The maximum Gasteiger partial charge on any atom is 0.401 e. The summed E-state index contributed by atoms with van der Waals surface area (Å²) in [6, 6.07) is 3.67. The fourth-order valence-electron chi connectivity index (χ4n) is 1.13. The molecular weight excluding hydrogens is 320 g/mol. The van der Waals surface area contributed by atoms with Gasteiger partial charge in [-0.3, -0.25) is 5.41 Å². The molecule has 0 aliphatic carbocycles. The van der Waals surface area contributed by atoms with Gasteiger partial charge in [0.1, 0.15) is 18.4 Å². The van der Waals surface area contributed by atoms with E-state index < -0.39 is 30.4 Å². The molecule has 0 aliphatic heterocycles. The van der Waals surface area contributed by atoms with Crippen LogP contribution in [0.1, 0.15) is 0 Å². The second-order valence-electron chi connectivity index (χ2n) is 3.44. The highest BCUT2D eigenvalue weighted by molar-refractivity contribution is 9.10. The van der Waals surface area contributed by atoms with E-state index in [1.54, 1.807) is 0 Å². The van der Waals surface area contributed by atoms with E-state index in [2.05, 4.69) is 15.9 Å². The van der Waals surface area contributed by atoms with Gasteiger partial charge in [-0.2, -0.15) is 13.2 Å². The Kier molecular flexibility index (Phi) is 4.55. The molecule has 3 nitrogen and oxygen atoms in total. The fraction of sp³-hybridized carbons (Fsp3) is 0.300. The average Bonchev–Trinajstić information content (AvgIpc) is 2.18. The first-order chi connectivity index (χ1) is 8.21. The third-order valence-electron chi connectivity index (χ3n) is 2.07. The van der Waals surface area contributed by atoms with Crippen molar-refractivity contribution in [2.75, 3.05) is 6.61 Å². The first kappa shape index (κ1) is 14.7. The lowest BCUT2D eigenvalue weighted by atomic mass is 10.1. The molecule has 0 spiro atoms. The smallest absolute Gasteiger partial charge is 0.401 e. The molecule has 0 saturated heterocycles.